The topological polar surface area (TPSA) is 26.3 Å². The Bertz CT molecular complexity index is 272. The van der Waals surface area contributed by atoms with E-state index in [1.54, 1.807) is 0 Å². The minimum absolute atomic E-state index is 0.281. The summed E-state index contributed by atoms with van der Waals surface area (Å²) in [6.07, 6.45) is -0.333. The fourth-order valence-electron chi connectivity index (χ4n) is 1.06. The molecule has 0 radical (unpaired) electrons. The second-order valence-corrected chi connectivity index (χ2v) is 2.97. The molecule has 0 bridgehead atoms. The van der Waals surface area contributed by atoms with Crippen molar-refractivity contribution in [2.24, 2.45) is 0 Å². The molecule has 0 saturated heterocycles. The molecule has 3 heteroatoms. The summed E-state index contributed by atoms with van der Waals surface area (Å²) in [4.78, 5) is 10.7. The predicted molar refractivity (Wildman–Crippen MR) is 51.7 cm³/mol. The molecule has 1 aromatic rings. The Balaban J connectivity index is 2.73. The van der Waals surface area contributed by atoms with Crippen LogP contribution in [-0.2, 0) is 9.53 Å². The number of hydrogen-bond acceptors (Lipinski definition) is 2. The van der Waals surface area contributed by atoms with E-state index in [-0.39, 0.29) is 18.0 Å². The van der Waals surface area contributed by atoms with Gasteiger partial charge in [-0.1, -0.05) is 30.3 Å². The third kappa shape index (κ3) is 3.07. The van der Waals surface area contributed by atoms with Gasteiger partial charge in [0.1, 0.15) is 6.10 Å². The van der Waals surface area contributed by atoms with Crippen molar-refractivity contribution in [3.05, 3.63) is 35.9 Å². The van der Waals surface area contributed by atoms with Gasteiger partial charge in [-0.05, 0) is 5.56 Å². The number of ether oxygens (including phenoxy) is 1. The Morgan fingerprint density at radius 2 is 2.08 bits per heavy atom. The average Bonchev–Trinajstić information content (AvgIpc) is 2.15. The molecule has 0 fully saturated rings. The molecule has 0 unspecified atom stereocenters. The summed E-state index contributed by atoms with van der Waals surface area (Å²) in [6, 6.07) is 9.45. The van der Waals surface area contributed by atoms with Gasteiger partial charge in [0.15, 0.2) is 0 Å². The van der Waals surface area contributed by atoms with Crippen molar-refractivity contribution in [1.82, 2.24) is 0 Å². The molecule has 1 rings (SSSR count). The van der Waals surface area contributed by atoms with Crippen molar-refractivity contribution in [3.8, 4) is 0 Å². The summed E-state index contributed by atoms with van der Waals surface area (Å²) in [7, 11) is 0. The van der Waals surface area contributed by atoms with Crippen molar-refractivity contribution in [1.29, 1.82) is 0 Å². The van der Waals surface area contributed by atoms with Gasteiger partial charge in [0.05, 0.1) is 5.88 Å². The van der Waals surface area contributed by atoms with E-state index in [0.717, 1.165) is 5.56 Å². The fourth-order valence-corrected chi connectivity index (χ4v) is 1.30. The summed E-state index contributed by atoms with van der Waals surface area (Å²) < 4.78 is 5.01. The molecular formula is C10H11ClO2. The molecule has 2 nitrogen and oxygen atoms in total. The molecule has 13 heavy (non-hydrogen) atoms. The largest absolute Gasteiger partial charge is 0.456 e. The molecule has 0 aliphatic rings. The Morgan fingerprint density at radius 1 is 1.46 bits per heavy atom. The van der Waals surface area contributed by atoms with Gasteiger partial charge in [0, 0.05) is 6.92 Å². The maximum absolute atomic E-state index is 10.7. The molecule has 0 spiro atoms. The first-order valence-corrected chi connectivity index (χ1v) is 4.55. The smallest absolute Gasteiger partial charge is 0.303 e. The number of benzene rings is 1. The van der Waals surface area contributed by atoms with E-state index in [0.29, 0.717) is 0 Å². The summed E-state index contributed by atoms with van der Waals surface area (Å²) in [6.45, 7) is 1.38. The lowest BCUT2D eigenvalue weighted by Gasteiger charge is -2.13. The summed E-state index contributed by atoms with van der Waals surface area (Å²) in [5, 5.41) is 0. The summed E-state index contributed by atoms with van der Waals surface area (Å²) in [5.41, 5.74) is 0.924. The minimum Gasteiger partial charge on any atom is -0.456 e. The highest BCUT2D eigenvalue weighted by molar-refractivity contribution is 6.18. The molecule has 1 atom stereocenters. The Kier molecular flexibility index (Phi) is 3.77. The van der Waals surface area contributed by atoms with Gasteiger partial charge >= 0.3 is 5.97 Å². The second kappa shape index (κ2) is 4.87. The normalized spacial score (nSPS) is 12.2. The number of rotatable bonds is 3. The van der Waals surface area contributed by atoms with Crippen LogP contribution in [0.5, 0.6) is 0 Å². The van der Waals surface area contributed by atoms with Crippen LogP contribution in [0.3, 0.4) is 0 Å². The highest BCUT2D eigenvalue weighted by atomic mass is 35.5. The van der Waals surface area contributed by atoms with Crippen LogP contribution in [0.25, 0.3) is 0 Å². The van der Waals surface area contributed by atoms with Crippen LogP contribution in [0.1, 0.15) is 18.6 Å². The summed E-state index contributed by atoms with van der Waals surface area (Å²) in [5.74, 6) is -0.0293. The zero-order valence-corrected chi connectivity index (χ0v) is 8.12. The monoisotopic (exact) mass is 198 g/mol. The van der Waals surface area contributed by atoms with E-state index >= 15 is 0 Å². The Morgan fingerprint density at radius 3 is 2.54 bits per heavy atom. The highest BCUT2D eigenvalue weighted by Crippen LogP contribution is 2.18. The van der Waals surface area contributed by atoms with Crippen molar-refractivity contribution >= 4 is 17.6 Å². The number of halogens is 1. The second-order valence-electron chi connectivity index (χ2n) is 2.66. The van der Waals surface area contributed by atoms with Gasteiger partial charge in [0.2, 0.25) is 0 Å². The van der Waals surface area contributed by atoms with Crippen molar-refractivity contribution in [2.45, 2.75) is 13.0 Å². The Labute approximate surface area is 82.5 Å². The summed E-state index contributed by atoms with van der Waals surface area (Å²) >= 11 is 5.67. The standard InChI is InChI=1S/C10H11ClO2/c1-8(12)13-10(7-11)9-5-3-2-4-6-9/h2-6,10H,7H2,1H3/t10-/m1/s1. The fraction of sp³-hybridized carbons (Fsp3) is 0.300. The molecule has 0 aliphatic heterocycles. The highest BCUT2D eigenvalue weighted by Gasteiger charge is 2.12. The van der Waals surface area contributed by atoms with Crippen LogP contribution < -0.4 is 0 Å². The van der Waals surface area contributed by atoms with E-state index < -0.39 is 0 Å². The number of esters is 1. The van der Waals surface area contributed by atoms with E-state index in [4.69, 9.17) is 16.3 Å². The zero-order chi connectivity index (χ0) is 9.68. The zero-order valence-electron chi connectivity index (χ0n) is 7.37. The Hall–Kier alpha value is -1.02. The number of alkyl halides is 1. The lowest BCUT2D eigenvalue weighted by molar-refractivity contribution is -0.145. The van der Waals surface area contributed by atoms with Crippen LogP contribution in [0.15, 0.2) is 30.3 Å². The van der Waals surface area contributed by atoms with E-state index in [2.05, 4.69) is 0 Å². The van der Waals surface area contributed by atoms with Crippen LogP contribution in [0, 0.1) is 0 Å². The quantitative estimate of drug-likeness (QED) is 0.551. The predicted octanol–water partition coefficient (Wildman–Crippen LogP) is 2.53. The van der Waals surface area contributed by atoms with Crippen molar-refractivity contribution in [3.63, 3.8) is 0 Å². The van der Waals surface area contributed by atoms with Crippen LogP contribution in [-0.4, -0.2) is 11.8 Å². The van der Waals surface area contributed by atoms with Crippen LogP contribution in [0.2, 0.25) is 0 Å². The molecule has 0 N–H and O–H groups in total. The molecular weight excluding hydrogens is 188 g/mol. The third-order valence-corrected chi connectivity index (χ3v) is 1.90. The van der Waals surface area contributed by atoms with Crippen LogP contribution in [0.4, 0.5) is 0 Å². The lowest BCUT2D eigenvalue weighted by Crippen LogP contribution is -2.09. The molecule has 0 aliphatic carbocycles. The first-order chi connectivity index (χ1) is 6.24. The molecule has 0 heterocycles. The van der Waals surface area contributed by atoms with E-state index in [1.165, 1.54) is 6.92 Å². The molecule has 70 valence electrons. The van der Waals surface area contributed by atoms with Gasteiger partial charge in [-0.15, -0.1) is 11.6 Å². The van der Waals surface area contributed by atoms with E-state index in [1.807, 2.05) is 30.3 Å². The van der Waals surface area contributed by atoms with Crippen LogP contribution >= 0.6 is 11.6 Å². The SMILES string of the molecule is CC(=O)O[C@H](CCl)c1ccccc1. The maximum Gasteiger partial charge on any atom is 0.303 e. The first kappa shape index (κ1) is 10.1. The number of carbonyl (C=O) groups is 1. The average molecular weight is 199 g/mol. The van der Waals surface area contributed by atoms with E-state index in [9.17, 15) is 4.79 Å². The number of carbonyl (C=O) groups excluding carboxylic acids is 1. The molecule has 0 aromatic heterocycles. The van der Waals surface area contributed by atoms with Gasteiger partial charge in [-0.3, -0.25) is 4.79 Å². The van der Waals surface area contributed by atoms with Gasteiger partial charge in [0.25, 0.3) is 0 Å². The minimum atomic E-state index is -0.333. The third-order valence-electron chi connectivity index (χ3n) is 1.62. The molecule has 0 saturated carbocycles. The molecule has 1 aromatic carbocycles. The van der Waals surface area contributed by atoms with Crippen molar-refractivity contribution in [2.75, 3.05) is 5.88 Å². The van der Waals surface area contributed by atoms with Gasteiger partial charge in [-0.2, -0.15) is 0 Å². The van der Waals surface area contributed by atoms with Crippen molar-refractivity contribution < 1.29 is 9.53 Å². The lowest BCUT2D eigenvalue weighted by atomic mass is 10.1. The molecule has 0 amide bonds. The first-order valence-electron chi connectivity index (χ1n) is 4.02. The van der Waals surface area contributed by atoms with Gasteiger partial charge < -0.3 is 4.74 Å². The number of hydrogen-bond donors (Lipinski definition) is 0. The van der Waals surface area contributed by atoms with Gasteiger partial charge in [-0.25, -0.2) is 0 Å². The maximum atomic E-state index is 10.7.